The summed E-state index contributed by atoms with van der Waals surface area (Å²) in [7, 11) is 0. The minimum Gasteiger partial charge on any atom is -0.338 e. The minimum atomic E-state index is -0.599. The van der Waals surface area contributed by atoms with Crippen LogP contribution in [0.2, 0.25) is 0 Å². The monoisotopic (exact) mass is 279 g/mol. The van der Waals surface area contributed by atoms with Gasteiger partial charge in [0.25, 0.3) is 0 Å². The molecule has 3 rings (SSSR count). The van der Waals surface area contributed by atoms with Gasteiger partial charge in [0.05, 0.1) is 6.04 Å². The fraction of sp³-hybridized carbons (Fsp3) is 0.429. The lowest BCUT2D eigenvalue weighted by Gasteiger charge is -2.19. The Hall–Kier alpha value is -1.82. The van der Waals surface area contributed by atoms with E-state index in [2.05, 4.69) is 15.5 Å². The number of nitrogens with one attached hydrogen (secondary N) is 1. The number of rotatable bonds is 3. The van der Waals surface area contributed by atoms with Gasteiger partial charge < -0.3 is 9.84 Å². The smallest absolute Gasteiger partial charge is 0.243 e. The summed E-state index contributed by atoms with van der Waals surface area (Å²) in [5.74, 6) is -0.204. The summed E-state index contributed by atoms with van der Waals surface area (Å²) in [6, 6.07) is 3.49. The summed E-state index contributed by atoms with van der Waals surface area (Å²) in [4.78, 5) is 4.30. The number of benzene rings is 1. The van der Waals surface area contributed by atoms with Crippen LogP contribution in [0.3, 0.4) is 0 Å². The third-order valence-electron chi connectivity index (χ3n) is 3.38. The molecule has 20 heavy (non-hydrogen) atoms. The molecule has 1 saturated heterocycles. The van der Waals surface area contributed by atoms with Crippen molar-refractivity contribution in [1.82, 2.24) is 15.5 Å². The van der Waals surface area contributed by atoms with Crippen molar-refractivity contribution in [3.63, 3.8) is 0 Å². The number of nitrogens with zero attached hydrogens (tertiary/aromatic N) is 2. The second-order valence-electron chi connectivity index (χ2n) is 5.01. The lowest BCUT2D eigenvalue weighted by Crippen LogP contribution is -2.27. The molecule has 1 atom stereocenters. The van der Waals surface area contributed by atoms with Crippen molar-refractivity contribution >= 4 is 0 Å². The van der Waals surface area contributed by atoms with E-state index in [-0.39, 0.29) is 12.5 Å². The fourth-order valence-electron chi connectivity index (χ4n) is 2.44. The molecule has 0 bridgehead atoms. The van der Waals surface area contributed by atoms with Crippen molar-refractivity contribution < 1.29 is 13.3 Å². The molecule has 0 radical (unpaired) electrons. The first kappa shape index (κ1) is 13.2. The maximum Gasteiger partial charge on any atom is 0.243 e. The van der Waals surface area contributed by atoms with Crippen molar-refractivity contribution in [3.8, 4) is 0 Å². The number of piperidine rings is 1. The molecule has 0 spiro atoms. The molecule has 0 amide bonds. The first-order chi connectivity index (χ1) is 9.70. The van der Waals surface area contributed by atoms with E-state index >= 15 is 0 Å². The van der Waals surface area contributed by atoms with Crippen LogP contribution in [-0.4, -0.2) is 16.7 Å². The molecule has 106 valence electrons. The SMILES string of the molecule is Fc1cc(F)cc(Cc2noc([C@@H]3CCCCN3)n2)c1. The van der Waals surface area contributed by atoms with Gasteiger partial charge in [-0.25, -0.2) is 8.78 Å². The Morgan fingerprint density at radius 2 is 2.00 bits per heavy atom. The van der Waals surface area contributed by atoms with Crippen LogP contribution in [0.4, 0.5) is 8.78 Å². The van der Waals surface area contributed by atoms with E-state index in [0.29, 0.717) is 17.3 Å². The Balaban J connectivity index is 1.73. The Morgan fingerprint density at radius 1 is 1.20 bits per heavy atom. The maximum atomic E-state index is 13.1. The van der Waals surface area contributed by atoms with Crippen LogP contribution in [0.1, 0.15) is 42.6 Å². The molecule has 0 aliphatic carbocycles. The first-order valence-electron chi connectivity index (χ1n) is 6.71. The molecule has 1 aliphatic rings. The number of hydrogen-bond acceptors (Lipinski definition) is 4. The summed E-state index contributed by atoms with van der Waals surface area (Å²) in [6.45, 7) is 0.942. The van der Waals surface area contributed by atoms with Crippen LogP contribution in [-0.2, 0) is 6.42 Å². The normalized spacial score (nSPS) is 19.2. The first-order valence-corrected chi connectivity index (χ1v) is 6.71. The minimum absolute atomic E-state index is 0.0919. The average Bonchev–Trinajstić information content (AvgIpc) is 2.87. The van der Waals surface area contributed by atoms with Crippen LogP contribution in [0, 0.1) is 11.6 Å². The Morgan fingerprint density at radius 3 is 2.70 bits per heavy atom. The summed E-state index contributed by atoms with van der Waals surface area (Å²) in [5.41, 5.74) is 0.492. The predicted octanol–water partition coefficient (Wildman–Crippen LogP) is 2.75. The zero-order valence-corrected chi connectivity index (χ0v) is 10.9. The third kappa shape index (κ3) is 3.01. The van der Waals surface area contributed by atoms with Gasteiger partial charge in [-0.15, -0.1) is 0 Å². The molecule has 4 nitrogen and oxygen atoms in total. The summed E-state index contributed by atoms with van der Waals surface area (Å²) in [6.07, 6.45) is 3.51. The molecule has 1 aromatic heterocycles. The van der Waals surface area contributed by atoms with Crippen LogP contribution < -0.4 is 5.32 Å². The topological polar surface area (TPSA) is 51.0 Å². The third-order valence-corrected chi connectivity index (χ3v) is 3.38. The van der Waals surface area contributed by atoms with Gasteiger partial charge in [0.15, 0.2) is 5.82 Å². The van der Waals surface area contributed by atoms with E-state index in [1.54, 1.807) is 0 Å². The predicted molar refractivity (Wildman–Crippen MR) is 68.1 cm³/mol. The van der Waals surface area contributed by atoms with Crippen molar-refractivity contribution in [2.24, 2.45) is 0 Å². The zero-order chi connectivity index (χ0) is 13.9. The molecule has 0 unspecified atom stereocenters. The number of aromatic nitrogens is 2. The second-order valence-corrected chi connectivity index (χ2v) is 5.01. The second kappa shape index (κ2) is 5.66. The molecule has 2 aromatic rings. The Bertz CT molecular complexity index is 574. The van der Waals surface area contributed by atoms with Gasteiger partial charge in [-0.2, -0.15) is 4.98 Å². The lowest BCUT2D eigenvalue weighted by molar-refractivity contribution is 0.296. The van der Waals surface area contributed by atoms with E-state index in [4.69, 9.17) is 4.52 Å². The van der Waals surface area contributed by atoms with Gasteiger partial charge in [0.1, 0.15) is 11.6 Å². The van der Waals surface area contributed by atoms with Gasteiger partial charge in [0.2, 0.25) is 5.89 Å². The molecule has 1 aliphatic heterocycles. The highest BCUT2D eigenvalue weighted by Gasteiger charge is 2.21. The largest absolute Gasteiger partial charge is 0.338 e. The van der Waals surface area contributed by atoms with Crippen molar-refractivity contribution in [1.29, 1.82) is 0 Å². The highest BCUT2D eigenvalue weighted by Crippen LogP contribution is 2.21. The Kier molecular flexibility index (Phi) is 3.73. The van der Waals surface area contributed by atoms with Crippen LogP contribution in [0.15, 0.2) is 22.7 Å². The molecular formula is C14H15F2N3O. The lowest BCUT2D eigenvalue weighted by atomic mass is 10.1. The quantitative estimate of drug-likeness (QED) is 0.938. The van der Waals surface area contributed by atoms with Gasteiger partial charge in [-0.1, -0.05) is 11.6 Å². The fourth-order valence-corrected chi connectivity index (χ4v) is 2.44. The molecule has 1 aromatic carbocycles. The molecule has 1 fully saturated rings. The zero-order valence-electron chi connectivity index (χ0n) is 10.9. The molecule has 2 heterocycles. The van der Waals surface area contributed by atoms with E-state index < -0.39 is 11.6 Å². The molecule has 0 saturated carbocycles. The van der Waals surface area contributed by atoms with Crippen LogP contribution in [0.5, 0.6) is 0 Å². The average molecular weight is 279 g/mol. The molecule has 1 N–H and O–H groups in total. The highest BCUT2D eigenvalue weighted by molar-refractivity contribution is 5.21. The van der Waals surface area contributed by atoms with Crippen LogP contribution in [0.25, 0.3) is 0 Å². The Labute approximate surface area is 115 Å². The summed E-state index contributed by atoms with van der Waals surface area (Å²) < 4.78 is 31.5. The van der Waals surface area contributed by atoms with Gasteiger partial charge >= 0.3 is 0 Å². The van der Waals surface area contributed by atoms with Gasteiger partial charge in [-0.3, -0.25) is 0 Å². The molecule has 6 heteroatoms. The van der Waals surface area contributed by atoms with Gasteiger partial charge in [0, 0.05) is 12.5 Å². The standard InChI is InChI=1S/C14H15F2N3O/c15-10-5-9(6-11(16)8-10)7-13-18-14(20-19-13)12-3-1-2-4-17-12/h5-6,8,12,17H,1-4,7H2/t12-/m0/s1. The van der Waals surface area contributed by atoms with Crippen molar-refractivity contribution in [3.05, 3.63) is 47.1 Å². The summed E-state index contributed by atoms with van der Waals surface area (Å²) >= 11 is 0. The van der Waals surface area contributed by atoms with E-state index in [9.17, 15) is 8.78 Å². The van der Waals surface area contributed by atoms with E-state index in [1.807, 2.05) is 0 Å². The van der Waals surface area contributed by atoms with Crippen molar-refractivity contribution in [2.75, 3.05) is 6.54 Å². The highest BCUT2D eigenvalue weighted by atomic mass is 19.1. The summed E-state index contributed by atoms with van der Waals surface area (Å²) in [5, 5.41) is 7.19. The number of halogens is 2. The molecular weight excluding hydrogens is 264 g/mol. The van der Waals surface area contributed by atoms with Crippen molar-refractivity contribution in [2.45, 2.75) is 31.7 Å². The van der Waals surface area contributed by atoms with Gasteiger partial charge in [-0.05, 0) is 37.1 Å². The van der Waals surface area contributed by atoms with E-state index in [1.165, 1.54) is 12.1 Å². The number of hydrogen-bond donors (Lipinski definition) is 1. The van der Waals surface area contributed by atoms with E-state index in [0.717, 1.165) is 31.9 Å². The van der Waals surface area contributed by atoms with Crippen LogP contribution >= 0.6 is 0 Å². The maximum absolute atomic E-state index is 13.1.